The summed E-state index contributed by atoms with van der Waals surface area (Å²) in [5, 5.41) is 4.34. The molecule has 0 saturated carbocycles. The minimum absolute atomic E-state index is 0.117. The maximum absolute atomic E-state index is 6.41. The van der Waals surface area contributed by atoms with Crippen molar-refractivity contribution in [3.63, 3.8) is 0 Å². The largest absolute Gasteiger partial charge is 0.370 e. The zero-order valence-electron chi connectivity index (χ0n) is 12.0. The fourth-order valence-corrected chi connectivity index (χ4v) is 3.20. The third kappa shape index (κ3) is 4.59. The zero-order valence-corrected chi connectivity index (χ0v) is 13.6. The molecule has 2 nitrogen and oxygen atoms in total. The van der Waals surface area contributed by atoms with Crippen molar-refractivity contribution >= 4 is 29.1 Å². The van der Waals surface area contributed by atoms with Crippen LogP contribution >= 0.6 is 23.4 Å². The first kappa shape index (κ1) is 15.0. The summed E-state index contributed by atoms with van der Waals surface area (Å²) in [4.78, 5) is 2.42. The summed E-state index contributed by atoms with van der Waals surface area (Å²) < 4.78 is 0. The van der Waals surface area contributed by atoms with E-state index in [4.69, 9.17) is 11.6 Å². The van der Waals surface area contributed by atoms with Crippen LogP contribution in [0, 0.1) is 0 Å². The van der Waals surface area contributed by atoms with E-state index in [0.29, 0.717) is 0 Å². The lowest BCUT2D eigenvalue weighted by atomic mass is 10.1. The Hall–Kier alpha value is -0.380. The molecular weight excluding hydrogens is 276 g/mol. The Morgan fingerprint density at radius 1 is 1.26 bits per heavy atom. The van der Waals surface area contributed by atoms with Gasteiger partial charge in [0, 0.05) is 47.4 Å². The van der Waals surface area contributed by atoms with Gasteiger partial charge in [0.25, 0.3) is 0 Å². The summed E-state index contributed by atoms with van der Waals surface area (Å²) >= 11 is 8.43. The average molecular weight is 299 g/mol. The fraction of sp³-hybridized carbons (Fsp3) is 0.600. The molecule has 1 aromatic rings. The lowest BCUT2D eigenvalue weighted by Gasteiger charge is -2.29. The normalized spacial score (nSPS) is 16.7. The van der Waals surface area contributed by atoms with Crippen molar-refractivity contribution in [1.29, 1.82) is 0 Å². The van der Waals surface area contributed by atoms with Crippen LogP contribution in [0.4, 0.5) is 5.69 Å². The van der Waals surface area contributed by atoms with E-state index in [1.54, 1.807) is 0 Å². The van der Waals surface area contributed by atoms with E-state index in [1.165, 1.54) is 22.8 Å². The summed E-state index contributed by atoms with van der Waals surface area (Å²) in [5.74, 6) is 2.43. The van der Waals surface area contributed by atoms with E-state index < -0.39 is 0 Å². The van der Waals surface area contributed by atoms with Gasteiger partial charge in [-0.3, -0.25) is 0 Å². The van der Waals surface area contributed by atoms with Crippen molar-refractivity contribution in [2.24, 2.45) is 0 Å². The van der Waals surface area contributed by atoms with Crippen molar-refractivity contribution in [3.05, 3.63) is 28.8 Å². The molecule has 1 aliphatic rings. The Morgan fingerprint density at radius 2 is 1.95 bits per heavy atom. The van der Waals surface area contributed by atoms with Gasteiger partial charge in [-0.25, -0.2) is 0 Å². The highest BCUT2D eigenvalue weighted by atomic mass is 35.5. The van der Waals surface area contributed by atoms with Gasteiger partial charge >= 0.3 is 0 Å². The topological polar surface area (TPSA) is 15.3 Å². The van der Waals surface area contributed by atoms with Crippen molar-refractivity contribution in [3.8, 4) is 0 Å². The Balaban J connectivity index is 2.04. The van der Waals surface area contributed by atoms with Crippen LogP contribution in [-0.4, -0.2) is 30.1 Å². The Kier molecular flexibility index (Phi) is 5.04. The molecule has 106 valence electrons. The molecule has 1 aliphatic heterocycles. The molecule has 19 heavy (non-hydrogen) atoms. The van der Waals surface area contributed by atoms with E-state index >= 15 is 0 Å². The fourth-order valence-electron chi connectivity index (χ4n) is 2.06. The summed E-state index contributed by atoms with van der Waals surface area (Å²) in [5.41, 5.74) is 2.54. The first-order valence-corrected chi connectivity index (χ1v) is 8.35. The number of nitrogens with one attached hydrogen (secondary N) is 1. The first-order chi connectivity index (χ1) is 8.96. The maximum Gasteiger partial charge on any atom is 0.0471 e. The standard InChI is InChI=1S/C15H23ClN2S/c1-15(2,3)17-11-12-4-5-13(10-14(12)16)18-6-8-19-9-7-18/h4-5,10,17H,6-9,11H2,1-3H3. The van der Waals surface area contributed by atoms with Crippen molar-refractivity contribution in [2.45, 2.75) is 32.9 Å². The van der Waals surface area contributed by atoms with Crippen LogP contribution < -0.4 is 10.2 Å². The van der Waals surface area contributed by atoms with Gasteiger partial charge in [0.05, 0.1) is 0 Å². The van der Waals surface area contributed by atoms with Gasteiger partial charge < -0.3 is 10.2 Å². The second-order valence-electron chi connectivity index (χ2n) is 5.98. The highest BCUT2D eigenvalue weighted by molar-refractivity contribution is 7.99. The molecule has 0 atom stereocenters. The molecule has 0 aliphatic carbocycles. The Labute approximate surface area is 125 Å². The third-order valence-corrected chi connectivity index (χ3v) is 4.52. The smallest absolute Gasteiger partial charge is 0.0471 e. The number of benzene rings is 1. The van der Waals surface area contributed by atoms with Gasteiger partial charge in [-0.1, -0.05) is 17.7 Å². The number of anilines is 1. The van der Waals surface area contributed by atoms with Gasteiger partial charge in [0.15, 0.2) is 0 Å². The average Bonchev–Trinajstić information content (AvgIpc) is 2.37. The number of hydrogen-bond acceptors (Lipinski definition) is 3. The minimum Gasteiger partial charge on any atom is -0.370 e. The van der Waals surface area contributed by atoms with E-state index in [2.05, 4.69) is 49.2 Å². The van der Waals surface area contributed by atoms with E-state index in [9.17, 15) is 0 Å². The lowest BCUT2D eigenvalue weighted by Crippen LogP contribution is -2.35. The summed E-state index contributed by atoms with van der Waals surface area (Å²) in [6.07, 6.45) is 0. The predicted molar refractivity (Wildman–Crippen MR) is 87.6 cm³/mol. The number of nitrogens with zero attached hydrogens (tertiary/aromatic N) is 1. The molecule has 1 N–H and O–H groups in total. The SMILES string of the molecule is CC(C)(C)NCc1ccc(N2CCSCC2)cc1Cl. The first-order valence-electron chi connectivity index (χ1n) is 6.82. The summed E-state index contributed by atoms with van der Waals surface area (Å²) in [7, 11) is 0. The van der Waals surface area contributed by atoms with Gasteiger partial charge in [-0.15, -0.1) is 0 Å². The Bertz CT molecular complexity index is 423. The quantitative estimate of drug-likeness (QED) is 0.914. The predicted octanol–water partition coefficient (Wildman–Crippen LogP) is 3.78. The highest BCUT2D eigenvalue weighted by Gasteiger charge is 2.14. The molecular formula is C15H23ClN2S. The molecule has 2 rings (SSSR count). The molecule has 0 radical (unpaired) electrons. The van der Waals surface area contributed by atoms with Crippen molar-refractivity contribution in [2.75, 3.05) is 29.5 Å². The van der Waals surface area contributed by atoms with E-state index in [1.807, 2.05) is 11.8 Å². The maximum atomic E-state index is 6.41. The van der Waals surface area contributed by atoms with Crippen LogP contribution in [-0.2, 0) is 6.54 Å². The highest BCUT2D eigenvalue weighted by Crippen LogP contribution is 2.26. The minimum atomic E-state index is 0.117. The number of thioether (sulfide) groups is 1. The van der Waals surface area contributed by atoms with Crippen molar-refractivity contribution < 1.29 is 0 Å². The molecule has 0 unspecified atom stereocenters. The third-order valence-electron chi connectivity index (χ3n) is 3.22. The van der Waals surface area contributed by atoms with Gasteiger partial charge in [-0.2, -0.15) is 11.8 Å². The van der Waals surface area contributed by atoms with Gasteiger partial charge in [-0.05, 0) is 38.5 Å². The second kappa shape index (κ2) is 6.38. The Morgan fingerprint density at radius 3 is 2.53 bits per heavy atom. The molecule has 0 aromatic heterocycles. The zero-order chi connectivity index (χ0) is 13.9. The summed E-state index contributed by atoms with van der Waals surface area (Å²) in [6.45, 7) is 9.57. The van der Waals surface area contributed by atoms with Gasteiger partial charge in [0.2, 0.25) is 0 Å². The molecule has 1 aromatic carbocycles. The molecule has 4 heteroatoms. The van der Waals surface area contributed by atoms with Crippen LogP contribution in [0.5, 0.6) is 0 Å². The van der Waals surface area contributed by atoms with Crippen LogP contribution in [0.2, 0.25) is 5.02 Å². The molecule has 1 saturated heterocycles. The second-order valence-corrected chi connectivity index (χ2v) is 7.61. The van der Waals surface area contributed by atoms with Crippen molar-refractivity contribution in [1.82, 2.24) is 5.32 Å². The van der Waals surface area contributed by atoms with E-state index in [-0.39, 0.29) is 5.54 Å². The van der Waals surface area contributed by atoms with Gasteiger partial charge in [0.1, 0.15) is 0 Å². The summed E-state index contributed by atoms with van der Waals surface area (Å²) in [6, 6.07) is 6.46. The lowest BCUT2D eigenvalue weighted by molar-refractivity contribution is 0.424. The molecule has 0 amide bonds. The van der Waals surface area contributed by atoms with E-state index in [0.717, 1.165) is 24.7 Å². The van der Waals surface area contributed by atoms with Crippen LogP contribution in [0.25, 0.3) is 0 Å². The molecule has 1 fully saturated rings. The van der Waals surface area contributed by atoms with Crippen LogP contribution in [0.3, 0.4) is 0 Å². The van der Waals surface area contributed by atoms with Crippen LogP contribution in [0.15, 0.2) is 18.2 Å². The van der Waals surface area contributed by atoms with Crippen LogP contribution in [0.1, 0.15) is 26.3 Å². The molecule has 1 heterocycles. The monoisotopic (exact) mass is 298 g/mol. The molecule has 0 spiro atoms. The molecule has 0 bridgehead atoms. The number of halogens is 1. The number of rotatable bonds is 3. The number of hydrogen-bond donors (Lipinski definition) is 1.